The van der Waals surface area contributed by atoms with E-state index in [0.29, 0.717) is 13.2 Å². The molecule has 46 heavy (non-hydrogen) atoms. The van der Waals surface area contributed by atoms with E-state index in [1.54, 1.807) is 11.8 Å². The summed E-state index contributed by atoms with van der Waals surface area (Å²) in [5.74, 6) is -3.87. The largest absolute Gasteiger partial charge is 0.507 e. The number of aromatic hydroxyl groups is 2. The summed E-state index contributed by atoms with van der Waals surface area (Å²) in [5, 5.41) is 65.1. The summed E-state index contributed by atoms with van der Waals surface area (Å²) in [6.45, 7) is 1.42. The first-order chi connectivity index (χ1) is 21.9. The molecule has 6 rings (SSSR count). The quantitative estimate of drug-likeness (QED) is 0.229. The van der Waals surface area contributed by atoms with Gasteiger partial charge in [0.05, 0.1) is 61.4 Å². The van der Waals surface area contributed by atoms with Crippen molar-refractivity contribution < 1.29 is 58.9 Å². The second-order valence-corrected chi connectivity index (χ2v) is 12.0. The fraction of sp³-hybridized carbons (Fsp3) is 0.500. The van der Waals surface area contributed by atoms with Gasteiger partial charge < -0.3 is 44.5 Å². The molecule has 7 atom stereocenters. The van der Waals surface area contributed by atoms with Crippen molar-refractivity contribution in [1.82, 2.24) is 4.90 Å². The number of nitriles is 1. The first-order valence-electron chi connectivity index (χ1n) is 14.9. The van der Waals surface area contributed by atoms with Crippen LogP contribution in [0.15, 0.2) is 18.2 Å². The summed E-state index contributed by atoms with van der Waals surface area (Å²) in [6.07, 6.45) is -5.39. The number of ketones is 3. The summed E-state index contributed by atoms with van der Waals surface area (Å²) in [7, 11) is 1.32. The van der Waals surface area contributed by atoms with Crippen LogP contribution in [0, 0.1) is 11.3 Å². The van der Waals surface area contributed by atoms with Crippen LogP contribution in [0.1, 0.15) is 68.8 Å². The number of aliphatic hydroxyl groups excluding tert-OH is 2. The molecule has 0 amide bonds. The van der Waals surface area contributed by atoms with E-state index in [2.05, 4.69) is 6.07 Å². The van der Waals surface area contributed by atoms with Crippen molar-refractivity contribution >= 4 is 17.3 Å². The number of phenolic OH excluding ortho intramolecular Hbond substituents is 2. The molecule has 2 aromatic carbocycles. The van der Waals surface area contributed by atoms with E-state index in [1.165, 1.54) is 25.3 Å². The van der Waals surface area contributed by atoms with Crippen molar-refractivity contribution in [3.63, 3.8) is 0 Å². The van der Waals surface area contributed by atoms with Crippen molar-refractivity contribution in [2.75, 3.05) is 33.5 Å². The third-order valence-corrected chi connectivity index (χ3v) is 9.48. The van der Waals surface area contributed by atoms with Crippen LogP contribution < -0.4 is 4.74 Å². The lowest BCUT2D eigenvalue weighted by Gasteiger charge is -2.47. The Kier molecular flexibility index (Phi) is 8.36. The maximum absolute atomic E-state index is 13.9. The van der Waals surface area contributed by atoms with Crippen LogP contribution in [0.4, 0.5) is 0 Å². The highest BCUT2D eigenvalue weighted by atomic mass is 16.7. The minimum atomic E-state index is -2.29. The van der Waals surface area contributed by atoms with Crippen LogP contribution in [-0.4, -0.2) is 117 Å². The molecular formula is C32H34N2O12. The number of phenols is 2. The normalized spacial score (nSPS) is 31.0. The molecule has 244 valence electrons. The summed E-state index contributed by atoms with van der Waals surface area (Å²) < 4.78 is 23.0. The lowest BCUT2D eigenvalue weighted by molar-refractivity contribution is -0.262. The van der Waals surface area contributed by atoms with Gasteiger partial charge in [0.25, 0.3) is 0 Å². The number of carbonyl (C=O) groups is 3. The maximum atomic E-state index is 13.9. The zero-order valence-corrected chi connectivity index (χ0v) is 25.1. The number of ether oxygens (including phenoxy) is 4. The molecule has 2 heterocycles. The number of hydrogen-bond acceptors (Lipinski definition) is 14. The van der Waals surface area contributed by atoms with Crippen molar-refractivity contribution in [2.24, 2.45) is 0 Å². The zero-order valence-electron chi connectivity index (χ0n) is 25.1. The van der Waals surface area contributed by atoms with E-state index in [4.69, 9.17) is 18.9 Å². The number of hydrogen-bond donors (Lipinski definition) is 5. The smallest absolute Gasteiger partial charge is 0.202 e. The van der Waals surface area contributed by atoms with E-state index >= 15 is 0 Å². The molecule has 2 saturated heterocycles. The van der Waals surface area contributed by atoms with Crippen molar-refractivity contribution in [3.8, 4) is 23.3 Å². The van der Waals surface area contributed by atoms with Crippen molar-refractivity contribution in [2.45, 2.75) is 68.5 Å². The Balaban J connectivity index is 1.44. The van der Waals surface area contributed by atoms with Gasteiger partial charge in [-0.2, -0.15) is 5.26 Å². The summed E-state index contributed by atoms with van der Waals surface area (Å²) in [6, 6.07) is 5.28. The maximum Gasteiger partial charge on any atom is 0.202 e. The monoisotopic (exact) mass is 638 g/mol. The average molecular weight is 639 g/mol. The number of nitrogens with zero attached hydrogens (tertiary/aromatic N) is 2. The standard InChI is InChI=1S/C32H34N2O12/c1-14-27(37)18(34-6-7-44-13-15(34)11-33)8-22(45-14)46-20-10-32(42,21(36)12-35)9-17-24(20)31(41)26-25(29(17)39)28(38)16-4-3-5-19(43-2)23(16)30(26)40/h3-5,14-15,18,20,22,27,35,37,39,41-42H,6-10,12-13H2,1-2H3/t14-,15?,18-,20-,22-,27+,32-/m0/s1. The predicted octanol–water partition coefficient (Wildman–Crippen LogP) is 0.267. The molecule has 2 aliphatic heterocycles. The number of methoxy groups -OCH3 is 1. The van der Waals surface area contributed by atoms with E-state index in [0.717, 1.165) is 0 Å². The SMILES string of the molecule is COc1cccc2c1C(=O)c1c(O)c3c(c(O)c1C2=O)C[C@@](O)(C(=O)CO)C[C@@H]3O[C@H]1C[C@H](N2CCOCC2C#N)[C@H](O)[C@H](C)O1. The first-order valence-corrected chi connectivity index (χ1v) is 14.9. The predicted molar refractivity (Wildman–Crippen MR) is 154 cm³/mol. The Morgan fingerprint density at radius 2 is 1.91 bits per heavy atom. The molecule has 0 bridgehead atoms. The van der Waals surface area contributed by atoms with Gasteiger partial charge >= 0.3 is 0 Å². The molecule has 2 fully saturated rings. The lowest BCUT2D eigenvalue weighted by Crippen LogP contribution is -2.60. The van der Waals surface area contributed by atoms with Crippen LogP contribution in [0.5, 0.6) is 17.2 Å². The molecule has 2 aliphatic carbocycles. The van der Waals surface area contributed by atoms with Gasteiger partial charge in [-0.15, -0.1) is 0 Å². The molecular weight excluding hydrogens is 604 g/mol. The van der Waals surface area contributed by atoms with Gasteiger partial charge in [0.15, 0.2) is 17.9 Å². The summed E-state index contributed by atoms with van der Waals surface area (Å²) in [5.41, 5.74) is -3.78. The highest BCUT2D eigenvalue weighted by Crippen LogP contribution is 2.52. The number of benzene rings is 2. The Morgan fingerprint density at radius 1 is 1.17 bits per heavy atom. The van der Waals surface area contributed by atoms with Crippen LogP contribution in [0.25, 0.3) is 0 Å². The molecule has 14 heteroatoms. The van der Waals surface area contributed by atoms with Gasteiger partial charge in [-0.3, -0.25) is 19.3 Å². The molecule has 14 nitrogen and oxygen atoms in total. The fourth-order valence-corrected chi connectivity index (χ4v) is 7.15. The van der Waals surface area contributed by atoms with Gasteiger partial charge in [-0.1, -0.05) is 12.1 Å². The molecule has 0 aromatic heterocycles. The number of morpholine rings is 1. The zero-order chi connectivity index (χ0) is 33.1. The number of carbonyl (C=O) groups excluding carboxylic acids is 3. The van der Waals surface area contributed by atoms with E-state index in [-0.39, 0.29) is 41.0 Å². The first kappa shape index (κ1) is 32.0. The molecule has 5 N–H and O–H groups in total. The summed E-state index contributed by atoms with van der Waals surface area (Å²) >= 11 is 0. The highest BCUT2D eigenvalue weighted by molar-refractivity contribution is 6.31. The third kappa shape index (κ3) is 4.96. The average Bonchev–Trinajstić information content (AvgIpc) is 3.05. The second-order valence-electron chi connectivity index (χ2n) is 12.0. The molecule has 0 spiro atoms. The molecule has 0 saturated carbocycles. The Bertz CT molecular complexity index is 1650. The third-order valence-electron chi connectivity index (χ3n) is 9.48. The minimum Gasteiger partial charge on any atom is -0.507 e. The Hall–Kier alpha value is -3.94. The summed E-state index contributed by atoms with van der Waals surface area (Å²) in [4.78, 5) is 42.2. The fourth-order valence-electron chi connectivity index (χ4n) is 7.15. The Morgan fingerprint density at radius 3 is 2.61 bits per heavy atom. The highest BCUT2D eigenvalue weighted by Gasteiger charge is 2.51. The molecule has 2 aromatic rings. The number of fused-ring (bicyclic) bond motifs is 3. The minimum absolute atomic E-state index is 0.0293. The van der Waals surface area contributed by atoms with Gasteiger partial charge in [0.2, 0.25) is 5.78 Å². The van der Waals surface area contributed by atoms with Crippen LogP contribution >= 0.6 is 0 Å². The van der Waals surface area contributed by atoms with Crippen LogP contribution in [0.3, 0.4) is 0 Å². The number of aliphatic hydroxyl groups is 3. The molecule has 0 radical (unpaired) electrons. The topological polar surface area (TPSA) is 216 Å². The van der Waals surface area contributed by atoms with Gasteiger partial charge in [0.1, 0.15) is 35.5 Å². The Labute approximate surface area is 263 Å². The van der Waals surface area contributed by atoms with Crippen molar-refractivity contribution in [1.29, 1.82) is 5.26 Å². The van der Waals surface area contributed by atoms with Gasteiger partial charge in [0, 0.05) is 48.5 Å². The number of rotatable bonds is 6. The van der Waals surface area contributed by atoms with Crippen molar-refractivity contribution in [3.05, 3.63) is 51.6 Å². The van der Waals surface area contributed by atoms with Gasteiger partial charge in [-0.05, 0) is 13.0 Å². The number of Topliss-reactive ketones (excluding diaryl/α,β-unsaturated/α-hetero) is 1. The lowest BCUT2D eigenvalue weighted by atomic mass is 9.72. The van der Waals surface area contributed by atoms with E-state index in [9.17, 15) is 45.2 Å². The van der Waals surface area contributed by atoms with Crippen LogP contribution in [0.2, 0.25) is 0 Å². The van der Waals surface area contributed by atoms with E-state index in [1.807, 2.05) is 0 Å². The van der Waals surface area contributed by atoms with Crippen LogP contribution in [-0.2, 0) is 25.4 Å². The molecule has 1 unspecified atom stereocenters. The second kappa shape index (κ2) is 12.0. The van der Waals surface area contributed by atoms with Gasteiger partial charge in [-0.25, -0.2) is 0 Å². The van der Waals surface area contributed by atoms with E-state index < -0.39 is 102 Å². The molecule has 4 aliphatic rings.